The summed E-state index contributed by atoms with van der Waals surface area (Å²) < 4.78 is 13.8. The molecule has 0 N–H and O–H groups in total. The topological polar surface area (TPSA) is 17.1 Å². The van der Waals surface area contributed by atoms with Gasteiger partial charge in [0.2, 0.25) is 0 Å². The van der Waals surface area contributed by atoms with Crippen molar-refractivity contribution in [3.05, 3.63) is 56.0 Å². The van der Waals surface area contributed by atoms with Crippen LogP contribution >= 0.6 is 34.7 Å². The van der Waals surface area contributed by atoms with Crippen LogP contribution in [0, 0.1) is 5.82 Å². The summed E-state index contributed by atoms with van der Waals surface area (Å²) in [4.78, 5) is 14.3. The second kappa shape index (κ2) is 5.88. The molecule has 5 heteroatoms. The summed E-state index contributed by atoms with van der Waals surface area (Å²) in [6, 6.07) is 6.75. The van der Waals surface area contributed by atoms with Gasteiger partial charge in [-0.2, -0.15) is 11.8 Å². The lowest BCUT2D eigenvalue weighted by Crippen LogP contribution is -2.03. The predicted octanol–water partition coefficient (Wildman–Crippen LogP) is 4.76. The average Bonchev–Trinajstić information content (AvgIpc) is 2.88. The fraction of sp³-hybridized carbons (Fsp3) is 0.267. The van der Waals surface area contributed by atoms with Crippen molar-refractivity contribution >= 4 is 40.5 Å². The molecule has 0 aliphatic carbocycles. The van der Waals surface area contributed by atoms with Gasteiger partial charge in [-0.1, -0.05) is 23.7 Å². The van der Waals surface area contributed by atoms with Crippen LogP contribution in [0.25, 0.3) is 0 Å². The monoisotopic (exact) mass is 326 g/mol. The SMILES string of the molecule is O=C(Cc1cccc(Cl)c1F)c1cc2c(s1)CCSC2. The van der Waals surface area contributed by atoms with Crippen LogP contribution in [0.15, 0.2) is 24.3 Å². The van der Waals surface area contributed by atoms with Gasteiger partial charge in [0.25, 0.3) is 0 Å². The lowest BCUT2D eigenvalue weighted by molar-refractivity contribution is 0.0995. The van der Waals surface area contributed by atoms with E-state index in [1.54, 1.807) is 23.5 Å². The van der Waals surface area contributed by atoms with Crippen molar-refractivity contribution in [3.63, 3.8) is 0 Å². The number of hydrogen-bond acceptors (Lipinski definition) is 3. The summed E-state index contributed by atoms with van der Waals surface area (Å²) in [6.07, 6.45) is 1.10. The summed E-state index contributed by atoms with van der Waals surface area (Å²) in [5, 5.41) is 0.0668. The van der Waals surface area contributed by atoms with Crippen LogP contribution in [0.3, 0.4) is 0 Å². The van der Waals surface area contributed by atoms with E-state index in [9.17, 15) is 9.18 Å². The number of halogens is 2. The molecule has 1 aliphatic rings. The third-order valence-corrected chi connectivity index (χ3v) is 5.86. The van der Waals surface area contributed by atoms with Gasteiger partial charge in [-0.25, -0.2) is 4.39 Å². The summed E-state index contributed by atoms with van der Waals surface area (Å²) >= 11 is 9.18. The molecular weight excluding hydrogens is 315 g/mol. The van der Waals surface area contributed by atoms with Gasteiger partial charge in [0.05, 0.1) is 9.90 Å². The molecule has 0 saturated carbocycles. The highest BCUT2D eigenvalue weighted by atomic mass is 35.5. The molecule has 1 aliphatic heterocycles. The van der Waals surface area contributed by atoms with E-state index in [-0.39, 0.29) is 17.2 Å². The van der Waals surface area contributed by atoms with Crippen LogP contribution in [-0.2, 0) is 18.6 Å². The minimum Gasteiger partial charge on any atom is -0.293 e. The average molecular weight is 327 g/mol. The molecule has 1 nitrogen and oxygen atoms in total. The van der Waals surface area contributed by atoms with Crippen LogP contribution < -0.4 is 0 Å². The quantitative estimate of drug-likeness (QED) is 0.757. The molecule has 104 valence electrons. The van der Waals surface area contributed by atoms with Crippen molar-refractivity contribution in [2.75, 3.05) is 5.75 Å². The number of rotatable bonds is 3. The van der Waals surface area contributed by atoms with Crippen LogP contribution in [0.2, 0.25) is 5.02 Å². The molecule has 3 rings (SSSR count). The summed E-state index contributed by atoms with van der Waals surface area (Å²) in [6.45, 7) is 0. The highest BCUT2D eigenvalue weighted by Crippen LogP contribution is 2.32. The van der Waals surface area contributed by atoms with Crippen LogP contribution in [-0.4, -0.2) is 11.5 Å². The minimum absolute atomic E-state index is 0.0319. The van der Waals surface area contributed by atoms with Crippen molar-refractivity contribution in [1.29, 1.82) is 0 Å². The molecule has 2 aromatic rings. The number of benzene rings is 1. The fourth-order valence-electron chi connectivity index (χ4n) is 2.23. The van der Waals surface area contributed by atoms with E-state index in [0.29, 0.717) is 5.56 Å². The molecule has 20 heavy (non-hydrogen) atoms. The Morgan fingerprint density at radius 1 is 1.40 bits per heavy atom. The van der Waals surface area contributed by atoms with Gasteiger partial charge >= 0.3 is 0 Å². The number of thiophene rings is 1. The van der Waals surface area contributed by atoms with Gasteiger partial charge in [-0.3, -0.25) is 4.79 Å². The second-order valence-electron chi connectivity index (χ2n) is 4.67. The number of hydrogen-bond donors (Lipinski definition) is 0. The summed E-state index contributed by atoms with van der Waals surface area (Å²) in [5.41, 5.74) is 1.63. The van der Waals surface area contributed by atoms with E-state index in [4.69, 9.17) is 11.6 Å². The maximum absolute atomic E-state index is 13.8. The van der Waals surface area contributed by atoms with E-state index >= 15 is 0 Å². The predicted molar refractivity (Wildman–Crippen MR) is 83.6 cm³/mol. The molecule has 0 saturated heterocycles. The molecule has 2 heterocycles. The Morgan fingerprint density at radius 3 is 3.05 bits per heavy atom. The standard InChI is InChI=1S/C15H12ClFOS2/c16-11-3-1-2-9(15(11)17)6-12(18)14-7-10-8-19-5-4-13(10)20-14/h1-3,7H,4-6,8H2. The third kappa shape index (κ3) is 2.78. The number of thioether (sulfide) groups is 1. The first-order chi connectivity index (χ1) is 9.65. The zero-order valence-corrected chi connectivity index (χ0v) is 13.0. The van der Waals surface area contributed by atoms with Crippen molar-refractivity contribution in [2.45, 2.75) is 18.6 Å². The normalized spacial score (nSPS) is 14.1. The minimum atomic E-state index is -0.487. The molecule has 0 atom stereocenters. The van der Waals surface area contributed by atoms with Crippen molar-refractivity contribution in [3.8, 4) is 0 Å². The number of aryl methyl sites for hydroxylation is 1. The third-order valence-electron chi connectivity index (χ3n) is 3.29. The van der Waals surface area contributed by atoms with Gasteiger partial charge < -0.3 is 0 Å². The molecule has 0 bridgehead atoms. The first kappa shape index (κ1) is 14.1. The highest BCUT2D eigenvalue weighted by Gasteiger charge is 2.19. The second-order valence-corrected chi connectivity index (χ2v) is 7.32. The lowest BCUT2D eigenvalue weighted by Gasteiger charge is -2.08. The van der Waals surface area contributed by atoms with Gasteiger partial charge in [0, 0.05) is 17.1 Å². The largest absolute Gasteiger partial charge is 0.293 e. The van der Waals surface area contributed by atoms with Gasteiger partial charge in [-0.05, 0) is 35.4 Å². The first-order valence-corrected chi connectivity index (χ1v) is 8.65. The molecule has 0 amide bonds. The Balaban J connectivity index is 1.82. The molecule has 1 aromatic carbocycles. The van der Waals surface area contributed by atoms with E-state index in [1.807, 2.05) is 17.8 Å². The van der Waals surface area contributed by atoms with Gasteiger partial charge in [0.1, 0.15) is 5.82 Å². The van der Waals surface area contributed by atoms with Gasteiger partial charge in [-0.15, -0.1) is 11.3 Å². The summed E-state index contributed by atoms with van der Waals surface area (Å²) in [7, 11) is 0. The zero-order valence-electron chi connectivity index (χ0n) is 10.6. The van der Waals surface area contributed by atoms with Crippen molar-refractivity contribution in [1.82, 2.24) is 0 Å². The van der Waals surface area contributed by atoms with E-state index in [1.165, 1.54) is 16.5 Å². The number of Topliss-reactive ketones (excluding diaryl/α,β-unsaturated/α-hetero) is 1. The van der Waals surface area contributed by atoms with Crippen molar-refractivity contribution in [2.24, 2.45) is 0 Å². The smallest absolute Gasteiger partial charge is 0.177 e. The highest BCUT2D eigenvalue weighted by molar-refractivity contribution is 7.98. The first-order valence-electron chi connectivity index (χ1n) is 6.30. The molecule has 1 aromatic heterocycles. The van der Waals surface area contributed by atoms with Crippen molar-refractivity contribution < 1.29 is 9.18 Å². The Morgan fingerprint density at radius 2 is 2.25 bits per heavy atom. The molecular formula is C15H12ClFOS2. The number of carbonyl (C=O) groups is 1. The fourth-order valence-corrected chi connectivity index (χ4v) is 4.73. The van der Waals surface area contributed by atoms with E-state index < -0.39 is 5.82 Å². The Hall–Kier alpha value is -0.840. The van der Waals surface area contributed by atoms with E-state index in [2.05, 4.69) is 0 Å². The molecule has 0 fully saturated rings. The van der Waals surface area contributed by atoms with Gasteiger partial charge in [0.15, 0.2) is 5.78 Å². The number of ketones is 1. The Bertz CT molecular complexity index is 642. The Labute approximate surface area is 130 Å². The van der Waals surface area contributed by atoms with Crippen LogP contribution in [0.1, 0.15) is 25.7 Å². The maximum atomic E-state index is 13.8. The molecule has 0 unspecified atom stereocenters. The van der Waals surface area contributed by atoms with Crippen LogP contribution in [0.4, 0.5) is 4.39 Å². The lowest BCUT2D eigenvalue weighted by atomic mass is 10.1. The van der Waals surface area contributed by atoms with Crippen LogP contribution in [0.5, 0.6) is 0 Å². The van der Waals surface area contributed by atoms with E-state index in [0.717, 1.165) is 22.8 Å². The molecule has 0 spiro atoms. The zero-order chi connectivity index (χ0) is 14.1. The Kier molecular flexibility index (Phi) is 4.15. The molecule has 0 radical (unpaired) electrons. The maximum Gasteiger partial charge on any atom is 0.177 e. The summed E-state index contributed by atoms with van der Waals surface area (Å²) in [5.74, 6) is 1.57. The number of carbonyl (C=O) groups excluding carboxylic acids is 1. The number of fused-ring (bicyclic) bond motifs is 1.